The molecule has 0 aliphatic carbocycles. The van der Waals surface area contributed by atoms with Gasteiger partial charge in [-0.15, -0.1) is 11.3 Å². The molecule has 0 unspecified atom stereocenters. The van der Waals surface area contributed by atoms with Crippen molar-refractivity contribution in [1.29, 1.82) is 0 Å². The Bertz CT molecular complexity index is 862. The van der Waals surface area contributed by atoms with E-state index in [2.05, 4.69) is 15.3 Å². The fourth-order valence-corrected chi connectivity index (χ4v) is 2.80. The highest BCUT2D eigenvalue weighted by molar-refractivity contribution is 7.71. The molecule has 0 spiro atoms. The lowest BCUT2D eigenvalue weighted by atomic mass is 10.2. The molecular weight excluding hydrogens is 328 g/mol. The van der Waals surface area contributed by atoms with Gasteiger partial charge in [0, 0.05) is 10.4 Å². The van der Waals surface area contributed by atoms with Crippen LogP contribution >= 0.6 is 23.6 Å². The smallest absolute Gasteiger partial charge is 0.216 e. The second-order valence-electron chi connectivity index (χ2n) is 5.12. The molecule has 2 aromatic heterocycles. The number of nitrogens with one attached hydrogen (secondary N) is 1. The lowest BCUT2D eigenvalue weighted by molar-refractivity contribution is 0.242. The first-order valence-electron chi connectivity index (χ1n) is 7.16. The SMILES string of the molecule is CC(C)Oc1cccc(-c2n[nH]c(=S)n2/N=C/c2cccs2)c1. The Balaban J connectivity index is 1.96. The number of nitrogens with zero attached hydrogens (tertiary/aromatic N) is 3. The zero-order valence-corrected chi connectivity index (χ0v) is 14.4. The highest BCUT2D eigenvalue weighted by Crippen LogP contribution is 2.23. The van der Waals surface area contributed by atoms with E-state index in [-0.39, 0.29) is 6.10 Å². The number of hydrogen-bond acceptors (Lipinski definition) is 5. The predicted octanol–water partition coefficient (Wildman–Crippen LogP) is 4.34. The highest BCUT2D eigenvalue weighted by atomic mass is 32.1. The topological polar surface area (TPSA) is 55.2 Å². The third kappa shape index (κ3) is 3.75. The van der Waals surface area contributed by atoms with Crippen molar-refractivity contribution in [2.45, 2.75) is 20.0 Å². The Kier molecular flexibility index (Phi) is 4.68. The summed E-state index contributed by atoms with van der Waals surface area (Å²) in [5, 5.41) is 13.5. The van der Waals surface area contributed by atoms with Gasteiger partial charge in [-0.3, -0.25) is 0 Å². The van der Waals surface area contributed by atoms with E-state index in [9.17, 15) is 0 Å². The average Bonchev–Trinajstić information content (AvgIpc) is 3.14. The molecule has 0 radical (unpaired) electrons. The maximum atomic E-state index is 5.73. The number of H-pyrrole nitrogens is 1. The fourth-order valence-electron chi connectivity index (χ4n) is 2.05. The van der Waals surface area contributed by atoms with Crippen LogP contribution < -0.4 is 4.74 Å². The van der Waals surface area contributed by atoms with Gasteiger partial charge in [-0.1, -0.05) is 18.2 Å². The number of rotatable bonds is 5. The van der Waals surface area contributed by atoms with Gasteiger partial charge in [-0.25, -0.2) is 5.10 Å². The largest absolute Gasteiger partial charge is 0.491 e. The van der Waals surface area contributed by atoms with E-state index in [1.165, 1.54) is 0 Å². The van der Waals surface area contributed by atoms with Crippen LogP contribution in [0.3, 0.4) is 0 Å². The van der Waals surface area contributed by atoms with E-state index >= 15 is 0 Å². The van der Waals surface area contributed by atoms with E-state index in [0.717, 1.165) is 16.2 Å². The third-order valence-corrected chi connectivity index (χ3v) is 4.03. The molecule has 3 aromatic rings. The van der Waals surface area contributed by atoms with Gasteiger partial charge in [0.25, 0.3) is 0 Å². The molecule has 0 aliphatic heterocycles. The van der Waals surface area contributed by atoms with Crippen LogP contribution in [0.1, 0.15) is 18.7 Å². The molecule has 3 rings (SSSR count). The van der Waals surface area contributed by atoms with Gasteiger partial charge in [0.2, 0.25) is 4.77 Å². The Labute approximate surface area is 143 Å². The summed E-state index contributed by atoms with van der Waals surface area (Å²) in [7, 11) is 0. The number of thiophene rings is 1. The second kappa shape index (κ2) is 6.89. The van der Waals surface area contributed by atoms with E-state index < -0.39 is 0 Å². The molecule has 0 saturated carbocycles. The molecule has 23 heavy (non-hydrogen) atoms. The maximum Gasteiger partial charge on any atom is 0.216 e. The van der Waals surface area contributed by atoms with Crippen molar-refractivity contribution in [1.82, 2.24) is 14.9 Å². The number of benzene rings is 1. The molecule has 2 heterocycles. The maximum absolute atomic E-state index is 5.73. The van der Waals surface area contributed by atoms with Crippen LogP contribution in [0, 0.1) is 4.77 Å². The molecule has 0 fully saturated rings. The number of hydrogen-bond donors (Lipinski definition) is 1. The second-order valence-corrected chi connectivity index (χ2v) is 6.48. The first kappa shape index (κ1) is 15.6. The summed E-state index contributed by atoms with van der Waals surface area (Å²) in [5.74, 6) is 1.44. The van der Waals surface area contributed by atoms with Crippen molar-refractivity contribution in [2.75, 3.05) is 0 Å². The summed E-state index contributed by atoms with van der Waals surface area (Å²) in [6.07, 6.45) is 1.89. The van der Waals surface area contributed by atoms with Crippen molar-refractivity contribution in [3.8, 4) is 17.1 Å². The molecule has 0 bridgehead atoms. The molecule has 0 atom stereocenters. The first-order valence-corrected chi connectivity index (χ1v) is 8.44. The lowest BCUT2D eigenvalue weighted by Crippen LogP contribution is -2.05. The summed E-state index contributed by atoms with van der Waals surface area (Å²) in [5.41, 5.74) is 0.888. The third-order valence-electron chi connectivity index (χ3n) is 2.96. The molecule has 5 nitrogen and oxygen atoms in total. The molecule has 0 aliphatic rings. The van der Waals surface area contributed by atoms with E-state index in [4.69, 9.17) is 17.0 Å². The van der Waals surface area contributed by atoms with Gasteiger partial charge in [-0.2, -0.15) is 14.9 Å². The zero-order chi connectivity index (χ0) is 16.2. The average molecular weight is 344 g/mol. The number of aromatic nitrogens is 3. The monoisotopic (exact) mass is 344 g/mol. The van der Waals surface area contributed by atoms with Crippen LogP contribution in [-0.2, 0) is 0 Å². The molecule has 1 N–H and O–H groups in total. The summed E-state index contributed by atoms with van der Waals surface area (Å²) in [6.45, 7) is 3.99. The van der Waals surface area contributed by atoms with Crippen molar-refractivity contribution < 1.29 is 4.74 Å². The van der Waals surface area contributed by atoms with Crippen LogP contribution in [-0.4, -0.2) is 27.2 Å². The van der Waals surface area contributed by atoms with Gasteiger partial charge in [0.15, 0.2) is 5.82 Å². The Hall–Kier alpha value is -2.25. The van der Waals surface area contributed by atoms with E-state index in [0.29, 0.717) is 10.6 Å². The minimum absolute atomic E-state index is 0.114. The van der Waals surface area contributed by atoms with Crippen LogP contribution in [0.5, 0.6) is 5.75 Å². The summed E-state index contributed by atoms with van der Waals surface area (Å²) < 4.78 is 7.79. The van der Waals surface area contributed by atoms with Crippen LogP contribution in [0.2, 0.25) is 0 Å². The molecule has 7 heteroatoms. The number of aromatic amines is 1. The van der Waals surface area contributed by atoms with Crippen molar-refractivity contribution in [3.63, 3.8) is 0 Å². The molecule has 118 valence electrons. The van der Waals surface area contributed by atoms with E-state index in [1.807, 2.05) is 55.6 Å². The predicted molar refractivity (Wildman–Crippen MR) is 95.9 cm³/mol. The van der Waals surface area contributed by atoms with Gasteiger partial charge in [0.1, 0.15) is 5.75 Å². The minimum atomic E-state index is 0.114. The Morgan fingerprint density at radius 2 is 2.22 bits per heavy atom. The van der Waals surface area contributed by atoms with Crippen molar-refractivity contribution in [3.05, 3.63) is 51.4 Å². The van der Waals surface area contributed by atoms with Crippen molar-refractivity contribution >= 4 is 29.8 Å². The zero-order valence-electron chi connectivity index (χ0n) is 12.8. The highest BCUT2D eigenvalue weighted by Gasteiger charge is 2.09. The van der Waals surface area contributed by atoms with Crippen molar-refractivity contribution in [2.24, 2.45) is 5.10 Å². The Morgan fingerprint density at radius 3 is 2.96 bits per heavy atom. The minimum Gasteiger partial charge on any atom is -0.491 e. The number of ether oxygens (including phenoxy) is 1. The van der Waals surface area contributed by atoms with Gasteiger partial charge in [-0.05, 0) is 49.6 Å². The van der Waals surface area contributed by atoms with E-state index in [1.54, 1.807) is 22.2 Å². The summed E-state index contributed by atoms with van der Waals surface area (Å²) >= 11 is 6.89. The lowest BCUT2D eigenvalue weighted by Gasteiger charge is -2.10. The molecule has 1 aromatic carbocycles. The summed E-state index contributed by atoms with van der Waals surface area (Å²) in [6, 6.07) is 11.7. The molecule has 0 amide bonds. The van der Waals surface area contributed by atoms with Gasteiger partial charge >= 0.3 is 0 Å². The van der Waals surface area contributed by atoms with Crippen LogP contribution in [0.25, 0.3) is 11.4 Å². The molecular formula is C16H16N4OS2. The van der Waals surface area contributed by atoms with Gasteiger partial charge in [0.05, 0.1) is 12.3 Å². The fraction of sp³-hybridized carbons (Fsp3) is 0.188. The van der Waals surface area contributed by atoms with Gasteiger partial charge < -0.3 is 4.74 Å². The normalized spacial score (nSPS) is 11.4. The Morgan fingerprint density at radius 1 is 1.35 bits per heavy atom. The van der Waals surface area contributed by atoms with Crippen LogP contribution in [0.4, 0.5) is 0 Å². The quantitative estimate of drug-likeness (QED) is 0.553. The molecule has 0 saturated heterocycles. The van der Waals surface area contributed by atoms with Crippen LogP contribution in [0.15, 0.2) is 46.9 Å². The summed E-state index contributed by atoms with van der Waals surface area (Å²) in [4.78, 5) is 1.05. The first-order chi connectivity index (χ1) is 11.1. The standard InChI is InChI=1S/C16H16N4OS2/c1-11(2)21-13-6-3-5-12(9-13)15-18-19-16(22)20(15)17-10-14-7-4-8-23-14/h3-11H,1-2H3,(H,19,22)/b17-10+.